The number of benzene rings is 1. The minimum Gasteiger partial charge on any atom is -0.496 e. The van der Waals surface area contributed by atoms with Crippen LogP contribution in [0.15, 0.2) is 18.2 Å². The molecule has 0 heterocycles. The van der Waals surface area contributed by atoms with Crippen LogP contribution in [0.5, 0.6) is 5.75 Å². The summed E-state index contributed by atoms with van der Waals surface area (Å²) in [6, 6.07) is 4.18. The second kappa shape index (κ2) is 4.40. The maximum Gasteiger partial charge on any atom is 0.270 e. The van der Waals surface area contributed by atoms with E-state index in [1.165, 1.54) is 25.3 Å². The van der Waals surface area contributed by atoms with E-state index in [2.05, 4.69) is 5.32 Å². The van der Waals surface area contributed by atoms with E-state index in [0.717, 1.165) is 12.8 Å². The molecule has 0 saturated heterocycles. The Morgan fingerprint density at radius 3 is 2.76 bits per heavy atom. The molecule has 6 nitrogen and oxygen atoms in total. The van der Waals surface area contributed by atoms with Crippen molar-refractivity contribution in [3.05, 3.63) is 33.9 Å². The fourth-order valence-corrected chi connectivity index (χ4v) is 1.48. The summed E-state index contributed by atoms with van der Waals surface area (Å²) in [7, 11) is 1.43. The van der Waals surface area contributed by atoms with Gasteiger partial charge in [-0.05, 0) is 18.9 Å². The fourth-order valence-electron chi connectivity index (χ4n) is 1.48. The van der Waals surface area contributed by atoms with E-state index < -0.39 is 4.92 Å². The molecule has 2 rings (SSSR count). The molecule has 1 aliphatic rings. The molecule has 1 aliphatic carbocycles. The van der Waals surface area contributed by atoms with Crippen LogP contribution >= 0.6 is 0 Å². The van der Waals surface area contributed by atoms with Gasteiger partial charge >= 0.3 is 0 Å². The maximum atomic E-state index is 11.8. The van der Waals surface area contributed by atoms with Crippen molar-refractivity contribution in [2.24, 2.45) is 0 Å². The van der Waals surface area contributed by atoms with Gasteiger partial charge < -0.3 is 10.1 Å². The molecular weight excluding hydrogens is 224 g/mol. The van der Waals surface area contributed by atoms with E-state index in [4.69, 9.17) is 4.74 Å². The highest BCUT2D eigenvalue weighted by molar-refractivity contribution is 5.97. The number of rotatable bonds is 4. The Kier molecular flexibility index (Phi) is 2.95. The Bertz CT molecular complexity index is 469. The molecule has 6 heteroatoms. The Hall–Kier alpha value is -2.11. The average molecular weight is 236 g/mol. The first-order chi connectivity index (χ1) is 8.11. The van der Waals surface area contributed by atoms with Gasteiger partial charge in [-0.15, -0.1) is 0 Å². The SMILES string of the molecule is COc1ccc([N+](=O)[O-])cc1C(=O)NC1CC1. The Labute approximate surface area is 97.7 Å². The summed E-state index contributed by atoms with van der Waals surface area (Å²) in [4.78, 5) is 21.9. The van der Waals surface area contributed by atoms with Crippen molar-refractivity contribution in [2.75, 3.05) is 7.11 Å². The molecule has 1 fully saturated rings. The van der Waals surface area contributed by atoms with Crippen molar-refractivity contribution < 1.29 is 14.5 Å². The maximum absolute atomic E-state index is 11.8. The van der Waals surface area contributed by atoms with Crippen LogP contribution in [-0.2, 0) is 0 Å². The number of carbonyl (C=O) groups is 1. The zero-order chi connectivity index (χ0) is 12.4. The van der Waals surface area contributed by atoms with Crippen molar-refractivity contribution in [1.82, 2.24) is 5.32 Å². The fraction of sp³-hybridized carbons (Fsp3) is 0.364. The van der Waals surface area contributed by atoms with Crippen molar-refractivity contribution in [2.45, 2.75) is 18.9 Å². The zero-order valence-corrected chi connectivity index (χ0v) is 9.30. The Morgan fingerprint density at radius 1 is 1.53 bits per heavy atom. The molecule has 0 spiro atoms. The predicted octanol–water partition coefficient (Wildman–Crippen LogP) is 1.50. The van der Waals surface area contributed by atoms with Gasteiger partial charge in [0.1, 0.15) is 5.75 Å². The van der Waals surface area contributed by atoms with Gasteiger partial charge in [-0.2, -0.15) is 0 Å². The van der Waals surface area contributed by atoms with Crippen LogP contribution in [0.4, 0.5) is 5.69 Å². The van der Waals surface area contributed by atoms with E-state index >= 15 is 0 Å². The van der Waals surface area contributed by atoms with Crippen molar-refractivity contribution in [3.63, 3.8) is 0 Å². The van der Waals surface area contributed by atoms with Gasteiger partial charge in [0.25, 0.3) is 11.6 Å². The van der Waals surface area contributed by atoms with Crippen LogP contribution in [0.3, 0.4) is 0 Å². The lowest BCUT2D eigenvalue weighted by Gasteiger charge is -2.08. The number of hydrogen-bond acceptors (Lipinski definition) is 4. The van der Waals surface area contributed by atoms with Gasteiger partial charge in [-0.1, -0.05) is 0 Å². The third-order valence-electron chi connectivity index (χ3n) is 2.55. The highest BCUT2D eigenvalue weighted by atomic mass is 16.6. The smallest absolute Gasteiger partial charge is 0.270 e. The molecule has 0 bridgehead atoms. The summed E-state index contributed by atoms with van der Waals surface area (Å²) in [6.07, 6.45) is 1.92. The lowest BCUT2D eigenvalue weighted by Crippen LogP contribution is -2.25. The number of nitrogens with one attached hydrogen (secondary N) is 1. The van der Waals surface area contributed by atoms with Gasteiger partial charge in [0, 0.05) is 18.2 Å². The lowest BCUT2D eigenvalue weighted by atomic mass is 10.1. The molecule has 17 heavy (non-hydrogen) atoms. The number of carbonyl (C=O) groups excluding carboxylic acids is 1. The third kappa shape index (κ3) is 2.52. The van der Waals surface area contributed by atoms with Crippen LogP contribution in [0.1, 0.15) is 23.2 Å². The monoisotopic (exact) mass is 236 g/mol. The summed E-state index contributed by atoms with van der Waals surface area (Å²) in [5, 5.41) is 13.4. The first-order valence-corrected chi connectivity index (χ1v) is 5.25. The van der Waals surface area contributed by atoms with Crippen molar-refractivity contribution >= 4 is 11.6 Å². The quantitative estimate of drug-likeness (QED) is 0.634. The molecule has 1 amide bonds. The Balaban J connectivity index is 2.30. The molecule has 0 aliphatic heterocycles. The molecule has 0 radical (unpaired) electrons. The van der Waals surface area contributed by atoms with Crippen molar-refractivity contribution in [3.8, 4) is 5.75 Å². The number of nitro benzene ring substituents is 1. The minimum absolute atomic E-state index is 0.119. The first kappa shape index (κ1) is 11.4. The summed E-state index contributed by atoms with van der Waals surface area (Å²) >= 11 is 0. The number of amides is 1. The average Bonchev–Trinajstić information content (AvgIpc) is 3.11. The molecule has 0 unspecified atom stereocenters. The standard InChI is InChI=1S/C11H12N2O4/c1-17-10-5-4-8(13(15)16)6-9(10)11(14)12-7-2-3-7/h4-7H,2-3H2,1H3,(H,12,14). The minimum atomic E-state index is -0.534. The molecule has 1 saturated carbocycles. The number of nitrogens with zero attached hydrogens (tertiary/aromatic N) is 1. The number of non-ortho nitro benzene ring substituents is 1. The molecule has 1 aromatic carbocycles. The van der Waals surface area contributed by atoms with Crippen LogP contribution < -0.4 is 10.1 Å². The molecule has 1 N–H and O–H groups in total. The Morgan fingerprint density at radius 2 is 2.24 bits per heavy atom. The molecular formula is C11H12N2O4. The van der Waals surface area contributed by atoms with Crippen LogP contribution in [0, 0.1) is 10.1 Å². The number of ether oxygens (including phenoxy) is 1. The summed E-state index contributed by atoms with van der Waals surface area (Å²) < 4.78 is 5.02. The predicted molar refractivity (Wildman–Crippen MR) is 60.1 cm³/mol. The largest absolute Gasteiger partial charge is 0.496 e. The second-order valence-electron chi connectivity index (χ2n) is 3.89. The zero-order valence-electron chi connectivity index (χ0n) is 9.30. The van der Waals surface area contributed by atoms with Crippen LogP contribution in [-0.4, -0.2) is 24.0 Å². The van der Waals surface area contributed by atoms with Gasteiger partial charge in [0.05, 0.1) is 17.6 Å². The number of hydrogen-bond donors (Lipinski definition) is 1. The van der Waals surface area contributed by atoms with Crippen LogP contribution in [0.25, 0.3) is 0 Å². The highest BCUT2D eigenvalue weighted by Gasteiger charge is 2.26. The van der Waals surface area contributed by atoms with Gasteiger partial charge in [0.2, 0.25) is 0 Å². The number of methoxy groups -OCH3 is 1. The summed E-state index contributed by atoms with van der Waals surface area (Å²) in [6.45, 7) is 0. The molecule has 1 aromatic rings. The van der Waals surface area contributed by atoms with E-state index in [9.17, 15) is 14.9 Å². The molecule has 0 aromatic heterocycles. The second-order valence-corrected chi connectivity index (χ2v) is 3.89. The first-order valence-electron chi connectivity index (χ1n) is 5.25. The third-order valence-corrected chi connectivity index (χ3v) is 2.55. The van der Waals surface area contributed by atoms with E-state index in [1.54, 1.807) is 0 Å². The van der Waals surface area contributed by atoms with E-state index in [0.29, 0.717) is 5.75 Å². The van der Waals surface area contributed by atoms with Gasteiger partial charge in [-0.25, -0.2) is 0 Å². The topological polar surface area (TPSA) is 81.5 Å². The molecule has 0 atom stereocenters. The van der Waals surface area contributed by atoms with Crippen LogP contribution in [0.2, 0.25) is 0 Å². The highest BCUT2D eigenvalue weighted by Crippen LogP contribution is 2.25. The van der Waals surface area contributed by atoms with Gasteiger partial charge in [0.15, 0.2) is 0 Å². The number of nitro groups is 1. The van der Waals surface area contributed by atoms with E-state index in [-0.39, 0.29) is 23.2 Å². The van der Waals surface area contributed by atoms with E-state index in [1.807, 2.05) is 0 Å². The summed E-state index contributed by atoms with van der Waals surface area (Å²) in [5.74, 6) is 0.0156. The molecule has 90 valence electrons. The normalized spacial score (nSPS) is 14.2. The van der Waals surface area contributed by atoms with Gasteiger partial charge in [-0.3, -0.25) is 14.9 Å². The lowest BCUT2D eigenvalue weighted by molar-refractivity contribution is -0.384. The van der Waals surface area contributed by atoms with Crippen molar-refractivity contribution in [1.29, 1.82) is 0 Å². The summed E-state index contributed by atoms with van der Waals surface area (Å²) in [5.41, 5.74) is 0.0837.